The summed E-state index contributed by atoms with van der Waals surface area (Å²) in [5, 5.41) is 0. The maximum absolute atomic E-state index is 12.4. The van der Waals surface area contributed by atoms with Crippen molar-refractivity contribution < 1.29 is 14.3 Å². The van der Waals surface area contributed by atoms with Crippen LogP contribution in [-0.4, -0.2) is 32.3 Å². The van der Waals surface area contributed by atoms with E-state index in [1.165, 1.54) is 12.8 Å². The molecular weight excluding hydrogens is 242 g/mol. The molecule has 1 aliphatic carbocycles. The molecule has 1 aliphatic heterocycles. The normalized spacial score (nSPS) is 24.7. The van der Waals surface area contributed by atoms with Gasteiger partial charge in [0.2, 0.25) is 0 Å². The maximum Gasteiger partial charge on any atom is 0.313 e. The molecule has 0 radical (unpaired) electrons. The van der Waals surface area contributed by atoms with Crippen LogP contribution in [0.15, 0.2) is 0 Å². The van der Waals surface area contributed by atoms with E-state index in [-0.39, 0.29) is 5.97 Å². The van der Waals surface area contributed by atoms with E-state index >= 15 is 0 Å². The molecule has 1 heterocycles. The molecule has 0 aromatic rings. The highest BCUT2D eigenvalue weighted by Gasteiger charge is 2.39. The zero-order chi connectivity index (χ0) is 13.6. The van der Waals surface area contributed by atoms with Crippen molar-refractivity contribution in [2.45, 2.75) is 51.4 Å². The van der Waals surface area contributed by atoms with Gasteiger partial charge in [-0.2, -0.15) is 0 Å². The van der Waals surface area contributed by atoms with Gasteiger partial charge >= 0.3 is 5.97 Å². The smallest absolute Gasteiger partial charge is 0.313 e. The van der Waals surface area contributed by atoms with E-state index in [0.717, 1.165) is 51.7 Å². The van der Waals surface area contributed by atoms with Gasteiger partial charge in [-0.15, -0.1) is 0 Å². The first kappa shape index (κ1) is 14.8. The van der Waals surface area contributed by atoms with Gasteiger partial charge < -0.3 is 15.2 Å². The third-order valence-electron chi connectivity index (χ3n) is 4.68. The van der Waals surface area contributed by atoms with E-state index in [2.05, 4.69) is 0 Å². The average Bonchev–Trinajstić information content (AvgIpc) is 2.72. The van der Waals surface area contributed by atoms with Gasteiger partial charge in [0.05, 0.1) is 12.0 Å². The van der Waals surface area contributed by atoms with Crippen molar-refractivity contribution in [3.05, 3.63) is 0 Å². The first-order chi connectivity index (χ1) is 9.27. The summed E-state index contributed by atoms with van der Waals surface area (Å²) < 4.78 is 10.9. The standard InChI is InChI=1S/C15H27NO3/c16-12-15(7-3-1-2-4-8-15)14(17)19-11-13-5-9-18-10-6-13/h13H,1-12,16H2. The first-order valence-electron chi connectivity index (χ1n) is 7.72. The van der Waals surface area contributed by atoms with Crippen LogP contribution in [0, 0.1) is 11.3 Å². The van der Waals surface area contributed by atoms with E-state index in [4.69, 9.17) is 15.2 Å². The van der Waals surface area contributed by atoms with Crippen molar-refractivity contribution in [1.82, 2.24) is 0 Å². The van der Waals surface area contributed by atoms with Crippen molar-refractivity contribution in [1.29, 1.82) is 0 Å². The Hall–Kier alpha value is -0.610. The van der Waals surface area contributed by atoms with Crippen LogP contribution in [0.1, 0.15) is 51.4 Å². The summed E-state index contributed by atoms with van der Waals surface area (Å²) in [6.07, 6.45) is 8.44. The number of hydrogen-bond acceptors (Lipinski definition) is 4. The Balaban J connectivity index is 1.84. The lowest BCUT2D eigenvalue weighted by molar-refractivity contribution is -0.158. The molecule has 1 saturated heterocycles. The van der Waals surface area contributed by atoms with Gasteiger partial charge in [0.1, 0.15) is 0 Å². The molecule has 0 amide bonds. The highest BCUT2D eigenvalue weighted by Crippen LogP contribution is 2.35. The summed E-state index contributed by atoms with van der Waals surface area (Å²) in [5.41, 5.74) is 5.50. The number of rotatable bonds is 4. The molecule has 1 saturated carbocycles. The Morgan fingerprint density at radius 3 is 2.37 bits per heavy atom. The van der Waals surface area contributed by atoms with E-state index < -0.39 is 5.41 Å². The van der Waals surface area contributed by atoms with Gasteiger partial charge in [-0.25, -0.2) is 0 Å². The largest absolute Gasteiger partial charge is 0.465 e. The molecule has 2 fully saturated rings. The van der Waals surface area contributed by atoms with Gasteiger partial charge in [0.25, 0.3) is 0 Å². The summed E-state index contributed by atoms with van der Waals surface area (Å²) in [5.74, 6) is 0.418. The number of carbonyl (C=O) groups is 1. The Morgan fingerprint density at radius 1 is 1.16 bits per heavy atom. The molecule has 19 heavy (non-hydrogen) atoms. The van der Waals surface area contributed by atoms with Gasteiger partial charge in [-0.1, -0.05) is 25.7 Å². The van der Waals surface area contributed by atoms with Gasteiger partial charge in [0, 0.05) is 19.8 Å². The molecule has 0 atom stereocenters. The highest BCUT2D eigenvalue weighted by molar-refractivity contribution is 5.77. The number of ether oxygens (including phenoxy) is 2. The Labute approximate surface area is 116 Å². The fourth-order valence-electron chi connectivity index (χ4n) is 3.16. The first-order valence-corrected chi connectivity index (χ1v) is 7.72. The third kappa shape index (κ3) is 3.93. The minimum absolute atomic E-state index is 0.0524. The zero-order valence-corrected chi connectivity index (χ0v) is 11.9. The van der Waals surface area contributed by atoms with Crippen LogP contribution in [0.2, 0.25) is 0 Å². The van der Waals surface area contributed by atoms with Crippen LogP contribution in [0.25, 0.3) is 0 Å². The molecule has 110 valence electrons. The molecule has 2 rings (SSSR count). The van der Waals surface area contributed by atoms with Crippen molar-refractivity contribution in [3.63, 3.8) is 0 Å². The van der Waals surface area contributed by atoms with E-state index in [1.54, 1.807) is 0 Å². The molecule has 0 bridgehead atoms. The van der Waals surface area contributed by atoms with Crippen LogP contribution in [0.4, 0.5) is 0 Å². The molecular formula is C15H27NO3. The summed E-state index contributed by atoms with van der Waals surface area (Å²) in [6.45, 7) is 2.57. The van der Waals surface area contributed by atoms with Crippen molar-refractivity contribution in [2.24, 2.45) is 17.1 Å². The summed E-state index contributed by atoms with van der Waals surface area (Å²) in [6, 6.07) is 0. The maximum atomic E-state index is 12.4. The second-order valence-corrected chi connectivity index (χ2v) is 6.05. The van der Waals surface area contributed by atoms with Crippen LogP contribution >= 0.6 is 0 Å². The molecule has 2 aliphatic rings. The second kappa shape index (κ2) is 7.25. The minimum atomic E-state index is -0.401. The molecule has 4 heteroatoms. The highest BCUT2D eigenvalue weighted by atomic mass is 16.5. The number of carbonyl (C=O) groups excluding carboxylic acids is 1. The number of hydrogen-bond donors (Lipinski definition) is 1. The van der Waals surface area contributed by atoms with E-state index in [1.807, 2.05) is 0 Å². The van der Waals surface area contributed by atoms with Crippen molar-refractivity contribution in [3.8, 4) is 0 Å². The predicted octanol–water partition coefficient (Wildman–Crippen LogP) is 2.26. The monoisotopic (exact) mass is 269 g/mol. The SMILES string of the molecule is NCC1(C(=O)OCC2CCOCC2)CCCCCC1. The van der Waals surface area contributed by atoms with Crippen molar-refractivity contribution in [2.75, 3.05) is 26.4 Å². The topological polar surface area (TPSA) is 61.6 Å². The molecule has 4 nitrogen and oxygen atoms in total. The lowest BCUT2D eigenvalue weighted by atomic mass is 9.80. The summed E-state index contributed by atoms with van der Waals surface area (Å²) in [4.78, 5) is 12.4. The average molecular weight is 269 g/mol. The van der Waals surface area contributed by atoms with Crippen LogP contribution < -0.4 is 5.73 Å². The van der Waals surface area contributed by atoms with Gasteiger partial charge in [-0.05, 0) is 31.6 Å². The zero-order valence-electron chi connectivity index (χ0n) is 11.9. The lowest BCUT2D eigenvalue weighted by Gasteiger charge is -2.30. The Bertz CT molecular complexity index is 279. The second-order valence-electron chi connectivity index (χ2n) is 6.05. The summed E-state index contributed by atoms with van der Waals surface area (Å²) >= 11 is 0. The Morgan fingerprint density at radius 2 is 1.79 bits per heavy atom. The summed E-state index contributed by atoms with van der Waals surface area (Å²) in [7, 11) is 0. The van der Waals surface area contributed by atoms with Gasteiger partial charge in [-0.3, -0.25) is 4.79 Å². The van der Waals surface area contributed by atoms with Crippen molar-refractivity contribution >= 4 is 5.97 Å². The predicted molar refractivity (Wildman–Crippen MR) is 73.7 cm³/mol. The molecule has 0 aromatic carbocycles. The minimum Gasteiger partial charge on any atom is -0.465 e. The van der Waals surface area contributed by atoms with Gasteiger partial charge in [0.15, 0.2) is 0 Å². The quantitative estimate of drug-likeness (QED) is 0.628. The number of nitrogens with two attached hydrogens (primary N) is 1. The fourth-order valence-corrected chi connectivity index (χ4v) is 3.16. The number of esters is 1. The van der Waals surface area contributed by atoms with Crippen LogP contribution in [0.3, 0.4) is 0 Å². The Kier molecular flexibility index (Phi) is 5.64. The molecule has 0 aromatic heterocycles. The molecule has 2 N–H and O–H groups in total. The third-order valence-corrected chi connectivity index (χ3v) is 4.68. The van der Waals surface area contributed by atoms with Crippen LogP contribution in [-0.2, 0) is 14.3 Å². The fraction of sp³-hybridized carbons (Fsp3) is 0.933. The lowest BCUT2D eigenvalue weighted by Crippen LogP contribution is -2.40. The van der Waals surface area contributed by atoms with E-state index in [0.29, 0.717) is 19.1 Å². The molecule has 0 spiro atoms. The van der Waals surface area contributed by atoms with E-state index in [9.17, 15) is 4.79 Å². The van der Waals surface area contributed by atoms with Crippen LogP contribution in [0.5, 0.6) is 0 Å². The molecule has 0 unspecified atom stereocenters.